The highest BCUT2D eigenvalue weighted by molar-refractivity contribution is 6.30. The smallest absolute Gasteiger partial charge is 0.185 e. The van der Waals surface area contributed by atoms with Crippen LogP contribution in [-0.2, 0) is 9.53 Å². The topological polar surface area (TPSA) is 26.3 Å². The Balaban J connectivity index is 4.07. The predicted molar refractivity (Wildman–Crippen MR) is 31.6 cm³/mol. The highest BCUT2D eigenvalue weighted by atomic mass is 35.5. The Labute approximate surface area is 53.1 Å². The number of hydrogen-bond acceptors (Lipinski definition) is 2. The molecule has 0 aliphatic rings. The third kappa shape index (κ3) is 1.98. The van der Waals surface area contributed by atoms with Gasteiger partial charge in [0.15, 0.2) is 12.0 Å². The summed E-state index contributed by atoms with van der Waals surface area (Å²) in [7, 11) is 1.40. The van der Waals surface area contributed by atoms with Crippen molar-refractivity contribution in [3.05, 3.63) is 10.8 Å². The zero-order chi connectivity index (χ0) is 6.57. The Morgan fingerprint density at radius 1 is 1.75 bits per heavy atom. The fourth-order valence-electron chi connectivity index (χ4n) is 0.270. The van der Waals surface area contributed by atoms with Gasteiger partial charge in [-0.2, -0.15) is 0 Å². The van der Waals surface area contributed by atoms with Gasteiger partial charge in [-0.05, 0) is 6.92 Å². The molecule has 0 aromatic carbocycles. The van der Waals surface area contributed by atoms with Crippen molar-refractivity contribution in [2.45, 2.75) is 6.92 Å². The predicted octanol–water partition coefficient (Wildman–Crippen LogP) is 1.30. The molecule has 0 aliphatic heterocycles. The van der Waals surface area contributed by atoms with Crippen LogP contribution in [0.15, 0.2) is 10.8 Å². The van der Waals surface area contributed by atoms with Crippen molar-refractivity contribution in [2.24, 2.45) is 0 Å². The molecular weight excluding hydrogens is 128 g/mol. The monoisotopic (exact) mass is 134 g/mol. The van der Waals surface area contributed by atoms with E-state index < -0.39 is 0 Å². The molecule has 0 unspecified atom stereocenters. The van der Waals surface area contributed by atoms with Crippen LogP contribution in [0.5, 0.6) is 0 Å². The van der Waals surface area contributed by atoms with Crippen LogP contribution in [0.1, 0.15) is 6.92 Å². The van der Waals surface area contributed by atoms with Crippen molar-refractivity contribution in [1.82, 2.24) is 0 Å². The van der Waals surface area contributed by atoms with Gasteiger partial charge in [0, 0.05) is 0 Å². The van der Waals surface area contributed by atoms with Gasteiger partial charge in [0.05, 0.1) is 12.1 Å². The molecule has 0 aromatic rings. The summed E-state index contributed by atoms with van der Waals surface area (Å²) < 4.78 is 4.54. The minimum atomic E-state index is 0.187. The molecule has 2 nitrogen and oxygen atoms in total. The van der Waals surface area contributed by atoms with Gasteiger partial charge >= 0.3 is 0 Å². The van der Waals surface area contributed by atoms with Crippen LogP contribution in [0.2, 0.25) is 0 Å². The van der Waals surface area contributed by atoms with Crippen molar-refractivity contribution in [3.8, 4) is 0 Å². The highest BCUT2D eigenvalue weighted by Gasteiger charge is 1.94. The van der Waals surface area contributed by atoms with Crippen molar-refractivity contribution in [2.75, 3.05) is 7.11 Å². The van der Waals surface area contributed by atoms with Gasteiger partial charge in [0.2, 0.25) is 0 Å². The maximum atomic E-state index is 9.91. The van der Waals surface area contributed by atoms with Gasteiger partial charge in [-0.3, -0.25) is 4.79 Å². The molecule has 0 heterocycles. The van der Waals surface area contributed by atoms with Crippen LogP contribution in [0.4, 0.5) is 0 Å². The molecule has 3 heteroatoms. The second-order valence-corrected chi connectivity index (χ2v) is 1.79. The largest absolute Gasteiger partial charge is 0.492 e. The Morgan fingerprint density at radius 2 is 2.25 bits per heavy atom. The number of carbonyl (C=O) groups is 1. The molecule has 0 aromatic heterocycles. The van der Waals surface area contributed by atoms with Gasteiger partial charge in [0.1, 0.15) is 0 Å². The van der Waals surface area contributed by atoms with Crippen molar-refractivity contribution < 1.29 is 9.53 Å². The number of methoxy groups -OCH3 is 1. The number of hydrogen-bond donors (Lipinski definition) is 0. The van der Waals surface area contributed by atoms with E-state index >= 15 is 0 Å². The summed E-state index contributed by atoms with van der Waals surface area (Å²) in [6, 6.07) is 0. The number of ether oxygens (including phenoxy) is 1. The standard InChI is InChI=1S/C5H7ClO2/c1-4(6)5(3-7)8-2/h3H,1-2H3. The average molecular weight is 135 g/mol. The maximum absolute atomic E-state index is 9.91. The fourth-order valence-corrected chi connectivity index (χ4v) is 0.392. The molecule has 0 radical (unpaired) electrons. The van der Waals surface area contributed by atoms with E-state index in [0.29, 0.717) is 11.3 Å². The molecule has 0 N–H and O–H groups in total. The lowest BCUT2D eigenvalue weighted by Gasteiger charge is -1.94. The normalized spacial score (nSPS) is 12.4. The van der Waals surface area contributed by atoms with Gasteiger partial charge in [-0.25, -0.2) is 0 Å². The van der Waals surface area contributed by atoms with Crippen LogP contribution in [-0.4, -0.2) is 13.4 Å². The number of allylic oxidation sites excluding steroid dienone is 2. The van der Waals surface area contributed by atoms with Crippen LogP contribution in [0.3, 0.4) is 0 Å². The first kappa shape index (κ1) is 7.50. The van der Waals surface area contributed by atoms with Gasteiger partial charge in [-0.15, -0.1) is 0 Å². The summed E-state index contributed by atoms with van der Waals surface area (Å²) in [6.45, 7) is 1.59. The molecule has 0 atom stereocenters. The summed E-state index contributed by atoms with van der Waals surface area (Å²) in [5.74, 6) is 0.187. The minimum Gasteiger partial charge on any atom is -0.492 e. The van der Waals surface area contributed by atoms with E-state index in [2.05, 4.69) is 4.74 Å². The SMILES string of the molecule is COC(C=O)=C(C)Cl. The maximum Gasteiger partial charge on any atom is 0.185 e. The lowest BCUT2D eigenvalue weighted by Crippen LogP contribution is -1.87. The highest BCUT2D eigenvalue weighted by Crippen LogP contribution is 2.04. The molecular formula is C5H7ClO2. The second kappa shape index (κ2) is 3.50. The molecule has 0 bridgehead atoms. The molecule has 8 heavy (non-hydrogen) atoms. The molecule has 0 aliphatic carbocycles. The third-order valence-corrected chi connectivity index (χ3v) is 0.853. The van der Waals surface area contributed by atoms with E-state index in [1.54, 1.807) is 6.92 Å². The van der Waals surface area contributed by atoms with E-state index in [4.69, 9.17) is 11.6 Å². The van der Waals surface area contributed by atoms with Crippen LogP contribution < -0.4 is 0 Å². The van der Waals surface area contributed by atoms with E-state index in [9.17, 15) is 4.79 Å². The first-order chi connectivity index (χ1) is 3.72. The van der Waals surface area contributed by atoms with E-state index in [1.807, 2.05) is 0 Å². The van der Waals surface area contributed by atoms with Crippen molar-refractivity contribution in [3.63, 3.8) is 0 Å². The zero-order valence-corrected chi connectivity index (χ0v) is 5.53. The zero-order valence-electron chi connectivity index (χ0n) is 4.77. The summed E-state index contributed by atoms with van der Waals surface area (Å²) in [4.78, 5) is 9.91. The molecule has 0 rings (SSSR count). The second-order valence-electron chi connectivity index (χ2n) is 1.22. The Bertz CT molecular complexity index is 114. The van der Waals surface area contributed by atoms with Crippen molar-refractivity contribution in [1.29, 1.82) is 0 Å². The van der Waals surface area contributed by atoms with Crippen LogP contribution in [0, 0.1) is 0 Å². The molecule has 0 fully saturated rings. The lowest BCUT2D eigenvalue weighted by molar-refractivity contribution is -0.107. The van der Waals surface area contributed by atoms with E-state index in [-0.39, 0.29) is 5.76 Å². The molecule has 0 saturated heterocycles. The quantitative estimate of drug-likeness (QED) is 0.323. The Hall–Kier alpha value is -0.500. The van der Waals surface area contributed by atoms with Gasteiger partial charge in [0.25, 0.3) is 0 Å². The summed E-state index contributed by atoms with van der Waals surface area (Å²) in [6.07, 6.45) is 0.572. The van der Waals surface area contributed by atoms with Gasteiger partial charge in [-0.1, -0.05) is 11.6 Å². The average Bonchev–Trinajstić information content (AvgIpc) is 1.69. The summed E-state index contributed by atoms with van der Waals surface area (Å²) in [5.41, 5.74) is 0. The van der Waals surface area contributed by atoms with Crippen molar-refractivity contribution >= 4 is 17.9 Å². The van der Waals surface area contributed by atoms with E-state index in [0.717, 1.165) is 0 Å². The van der Waals surface area contributed by atoms with Crippen LogP contribution in [0.25, 0.3) is 0 Å². The first-order valence-electron chi connectivity index (χ1n) is 2.08. The minimum absolute atomic E-state index is 0.187. The first-order valence-corrected chi connectivity index (χ1v) is 2.45. The van der Waals surface area contributed by atoms with Crippen LogP contribution >= 0.6 is 11.6 Å². The number of aldehydes is 1. The number of rotatable bonds is 2. The number of halogens is 1. The lowest BCUT2D eigenvalue weighted by atomic mass is 10.5. The molecule has 0 spiro atoms. The van der Waals surface area contributed by atoms with Gasteiger partial charge < -0.3 is 4.74 Å². The number of carbonyl (C=O) groups excluding carboxylic acids is 1. The summed E-state index contributed by atoms with van der Waals surface area (Å²) >= 11 is 5.37. The summed E-state index contributed by atoms with van der Waals surface area (Å²) in [5, 5.41) is 0.377. The molecule has 0 saturated carbocycles. The van der Waals surface area contributed by atoms with E-state index in [1.165, 1.54) is 7.11 Å². The fraction of sp³-hybridized carbons (Fsp3) is 0.400. The molecule has 46 valence electrons. The third-order valence-electron chi connectivity index (χ3n) is 0.666. The Morgan fingerprint density at radius 3 is 2.25 bits per heavy atom. The molecule has 0 amide bonds. The Kier molecular flexibility index (Phi) is 3.28.